The van der Waals surface area contributed by atoms with E-state index in [1.807, 2.05) is 75.8 Å². The Kier molecular flexibility index (Phi) is 38.4. The van der Waals surface area contributed by atoms with Crippen LogP contribution in [-0.2, 0) is 32.7 Å². The van der Waals surface area contributed by atoms with Crippen LogP contribution in [0.5, 0.6) is 0 Å². The Morgan fingerprint density at radius 2 is 1.18 bits per heavy atom. The summed E-state index contributed by atoms with van der Waals surface area (Å²) in [6.45, 7) is 3.82. The molecule has 0 amide bonds. The van der Waals surface area contributed by atoms with Gasteiger partial charge in [0.05, 0.1) is 33.9 Å². The predicted molar refractivity (Wildman–Crippen MR) is 251 cm³/mol. The number of esters is 2. The average Bonchev–Trinajstić information content (AvgIpc) is 3.21. The van der Waals surface area contributed by atoms with E-state index in [1.165, 1.54) is 38.5 Å². The Bertz CT molecular complexity index is 1420. The number of hydrogen-bond donors (Lipinski definition) is 1. The van der Waals surface area contributed by atoms with E-state index >= 15 is 0 Å². The van der Waals surface area contributed by atoms with E-state index in [-0.39, 0.29) is 26.1 Å². The molecule has 0 saturated heterocycles. The van der Waals surface area contributed by atoms with Crippen molar-refractivity contribution < 1.29 is 47.2 Å². The molecule has 1 N–H and O–H groups in total. The topological polar surface area (TPSA) is 131 Å². The van der Waals surface area contributed by atoms with E-state index in [1.54, 1.807) is 6.08 Å². The minimum absolute atomic E-state index is 0.0655. The van der Waals surface area contributed by atoms with Gasteiger partial charge in [0.25, 0.3) is 7.82 Å². The molecule has 0 aromatic rings. The molecule has 0 aliphatic rings. The van der Waals surface area contributed by atoms with Crippen LogP contribution in [0.3, 0.4) is 0 Å². The number of unbranched alkanes of at least 4 members (excludes halogenated alkanes) is 7. The number of phosphoric acid groups is 1. The quantitative estimate of drug-likeness (QED) is 0.0160. The number of rotatable bonds is 39. The van der Waals surface area contributed by atoms with E-state index in [0.717, 1.165) is 38.5 Å². The Morgan fingerprint density at radius 1 is 0.623 bits per heavy atom. The number of quaternary nitrogens is 1. The van der Waals surface area contributed by atoms with Crippen LogP contribution in [0.15, 0.2) is 109 Å². The Labute approximate surface area is 370 Å². The first-order valence-corrected chi connectivity index (χ1v) is 24.2. The third kappa shape index (κ3) is 44.5. The molecule has 0 aromatic carbocycles. The van der Waals surface area contributed by atoms with Gasteiger partial charge in [0.15, 0.2) is 6.10 Å². The molecule has 0 radical (unpaired) electrons. The molecule has 0 spiro atoms. The zero-order valence-corrected chi connectivity index (χ0v) is 39.3. The van der Waals surface area contributed by atoms with Crippen molar-refractivity contribution in [2.24, 2.45) is 0 Å². The lowest BCUT2D eigenvalue weighted by atomic mass is 10.1. The molecule has 0 rings (SSSR count). The Hall–Kier alpha value is -3.37. The van der Waals surface area contributed by atoms with Crippen molar-refractivity contribution in [2.75, 3.05) is 47.5 Å². The number of aliphatic hydroxyl groups excluding tert-OH is 1. The minimum Gasteiger partial charge on any atom is -0.756 e. The smallest absolute Gasteiger partial charge is 0.306 e. The van der Waals surface area contributed by atoms with Gasteiger partial charge in [-0.1, -0.05) is 155 Å². The molecule has 0 aromatic heterocycles. The summed E-state index contributed by atoms with van der Waals surface area (Å²) in [5, 5.41) is 9.85. The van der Waals surface area contributed by atoms with Crippen LogP contribution in [0.1, 0.15) is 136 Å². The molecule has 0 fully saturated rings. The van der Waals surface area contributed by atoms with Crippen LogP contribution < -0.4 is 4.89 Å². The molecule has 11 heteroatoms. The van der Waals surface area contributed by atoms with Crippen LogP contribution in [0, 0.1) is 0 Å². The van der Waals surface area contributed by atoms with Gasteiger partial charge in [-0.15, -0.1) is 0 Å². The number of nitrogens with zero attached hydrogens (tertiary/aromatic N) is 1. The molecular formula is C50H82NO9P. The van der Waals surface area contributed by atoms with E-state index in [2.05, 4.69) is 62.5 Å². The summed E-state index contributed by atoms with van der Waals surface area (Å²) in [4.78, 5) is 37.5. The standard InChI is InChI=1S/C50H82NO9P/c1-6-8-10-11-12-13-14-15-16-17-18-21-24-27-30-33-37-41-49(53)57-45-48(46-59-61(55,56)58-44-43-51(3,4)5)60-50(54)42-38-34-31-28-25-22-19-20-23-26-29-32-36-40-47(52)39-35-9-7-2/h9,15-16,18,20-23,25,27,29-32,34-36,40,47-48,52H,6-8,10-14,17,19,24,26,28,33,37-39,41-46H2,1-5H3/b16-15-,21-18-,23-20-,25-22-,30-27-,32-29+,34-31-,35-9-,40-36+/t47?,48-/m1/s1. The van der Waals surface area contributed by atoms with Crippen molar-refractivity contribution in [3.8, 4) is 0 Å². The highest BCUT2D eigenvalue weighted by molar-refractivity contribution is 7.45. The SMILES string of the molecule is CC/C=C\CC(O)/C=C/C=C/C/C=C\C/C=C\C/C=C\CCC(=O)O[C@H](COC(=O)CCC/C=C\C/C=C\C/C=C\CCCCCCCC)COP(=O)([O-])OCC[N+](C)(C)C. The van der Waals surface area contributed by atoms with Gasteiger partial charge in [-0.05, 0) is 77.0 Å². The van der Waals surface area contributed by atoms with E-state index < -0.39 is 38.6 Å². The molecule has 2 unspecified atom stereocenters. The van der Waals surface area contributed by atoms with Crippen LogP contribution in [0.2, 0.25) is 0 Å². The van der Waals surface area contributed by atoms with Gasteiger partial charge in [0, 0.05) is 12.8 Å². The summed E-state index contributed by atoms with van der Waals surface area (Å²) in [5.41, 5.74) is 0. The Balaban J connectivity index is 4.61. The molecule has 0 saturated carbocycles. The number of carbonyl (C=O) groups excluding carboxylic acids is 2. The molecule has 0 heterocycles. The van der Waals surface area contributed by atoms with Crippen molar-refractivity contribution in [1.82, 2.24) is 0 Å². The fraction of sp³-hybridized carbons (Fsp3) is 0.600. The second-order valence-corrected chi connectivity index (χ2v) is 17.3. The number of hydrogen-bond acceptors (Lipinski definition) is 9. The number of likely N-dealkylation sites (N-methyl/N-ethyl adjacent to an activating group) is 1. The van der Waals surface area contributed by atoms with Gasteiger partial charge in [-0.2, -0.15) is 0 Å². The number of phosphoric ester groups is 1. The summed E-state index contributed by atoms with van der Waals surface area (Å²) in [5.74, 6) is -1.03. The highest BCUT2D eigenvalue weighted by Gasteiger charge is 2.21. The molecule has 3 atom stereocenters. The predicted octanol–water partition coefficient (Wildman–Crippen LogP) is 11.5. The molecule has 346 valence electrons. The Morgan fingerprint density at radius 3 is 1.79 bits per heavy atom. The lowest BCUT2D eigenvalue weighted by Gasteiger charge is -2.28. The van der Waals surface area contributed by atoms with Crippen molar-refractivity contribution in [2.45, 2.75) is 148 Å². The van der Waals surface area contributed by atoms with E-state index in [0.29, 0.717) is 43.1 Å². The molecule has 0 bridgehead atoms. The molecule has 0 aliphatic carbocycles. The van der Waals surface area contributed by atoms with Gasteiger partial charge < -0.3 is 33.0 Å². The van der Waals surface area contributed by atoms with Gasteiger partial charge in [-0.3, -0.25) is 14.2 Å². The fourth-order valence-corrected chi connectivity index (χ4v) is 6.04. The summed E-state index contributed by atoms with van der Waals surface area (Å²) < 4.78 is 33.7. The van der Waals surface area contributed by atoms with Crippen molar-refractivity contribution in [3.63, 3.8) is 0 Å². The zero-order valence-electron chi connectivity index (χ0n) is 38.4. The third-order valence-electron chi connectivity index (χ3n) is 8.87. The summed E-state index contributed by atoms with van der Waals surface area (Å²) in [6, 6.07) is 0. The maximum absolute atomic E-state index is 12.7. The van der Waals surface area contributed by atoms with Gasteiger partial charge in [0.1, 0.15) is 19.8 Å². The highest BCUT2D eigenvalue weighted by Crippen LogP contribution is 2.38. The van der Waals surface area contributed by atoms with Crippen LogP contribution in [0.25, 0.3) is 0 Å². The summed E-state index contributed by atoms with van der Waals surface area (Å²) in [7, 11) is 1.05. The summed E-state index contributed by atoms with van der Waals surface area (Å²) in [6.07, 6.45) is 51.9. The largest absolute Gasteiger partial charge is 0.756 e. The van der Waals surface area contributed by atoms with Crippen molar-refractivity contribution in [1.29, 1.82) is 0 Å². The third-order valence-corrected chi connectivity index (χ3v) is 9.83. The summed E-state index contributed by atoms with van der Waals surface area (Å²) >= 11 is 0. The minimum atomic E-state index is -4.67. The fourth-order valence-electron chi connectivity index (χ4n) is 5.31. The monoisotopic (exact) mass is 872 g/mol. The van der Waals surface area contributed by atoms with Gasteiger partial charge in [-0.25, -0.2) is 0 Å². The van der Waals surface area contributed by atoms with Crippen LogP contribution in [-0.4, -0.2) is 81.2 Å². The number of carbonyl (C=O) groups is 2. The molecule has 10 nitrogen and oxygen atoms in total. The highest BCUT2D eigenvalue weighted by atomic mass is 31.2. The van der Waals surface area contributed by atoms with Gasteiger partial charge in [0.2, 0.25) is 0 Å². The lowest BCUT2D eigenvalue weighted by molar-refractivity contribution is -0.870. The first kappa shape index (κ1) is 57.6. The van der Waals surface area contributed by atoms with E-state index in [9.17, 15) is 24.2 Å². The molecule has 0 aliphatic heterocycles. The second kappa shape index (κ2) is 40.7. The normalized spacial score (nSPS) is 15.1. The zero-order chi connectivity index (χ0) is 45.1. The first-order valence-electron chi connectivity index (χ1n) is 22.7. The van der Waals surface area contributed by atoms with Crippen LogP contribution in [0.4, 0.5) is 0 Å². The number of aliphatic hydroxyl groups is 1. The van der Waals surface area contributed by atoms with E-state index in [4.69, 9.17) is 18.5 Å². The first-order chi connectivity index (χ1) is 29.4. The average molecular weight is 872 g/mol. The van der Waals surface area contributed by atoms with Gasteiger partial charge >= 0.3 is 11.9 Å². The lowest BCUT2D eigenvalue weighted by Crippen LogP contribution is -2.37. The number of ether oxygens (including phenoxy) is 2. The second-order valence-electron chi connectivity index (χ2n) is 15.9. The molecule has 61 heavy (non-hydrogen) atoms. The number of allylic oxidation sites excluding steroid dienone is 16. The van der Waals surface area contributed by atoms with Crippen LogP contribution >= 0.6 is 7.82 Å². The maximum atomic E-state index is 12.7. The van der Waals surface area contributed by atoms with Crippen molar-refractivity contribution >= 4 is 19.8 Å². The van der Waals surface area contributed by atoms with Crippen molar-refractivity contribution in [3.05, 3.63) is 109 Å². The maximum Gasteiger partial charge on any atom is 0.306 e. The molecular weight excluding hydrogens is 790 g/mol.